The molecule has 4 rings (SSSR count). The number of hydrogen-bond donors (Lipinski definition) is 3. The van der Waals surface area contributed by atoms with E-state index >= 15 is 0 Å². The van der Waals surface area contributed by atoms with Gasteiger partial charge in [0.2, 0.25) is 10.0 Å². The van der Waals surface area contributed by atoms with Gasteiger partial charge in [-0.15, -0.1) is 0 Å². The van der Waals surface area contributed by atoms with E-state index in [2.05, 4.69) is 10.6 Å². The summed E-state index contributed by atoms with van der Waals surface area (Å²) in [7, 11) is -0.976. The number of aliphatic hydroxyl groups is 1. The predicted molar refractivity (Wildman–Crippen MR) is 189 cm³/mol. The summed E-state index contributed by atoms with van der Waals surface area (Å²) in [5.41, 5.74) is 1.08. The second-order valence-corrected chi connectivity index (χ2v) is 14.6. The van der Waals surface area contributed by atoms with Crippen LogP contribution in [0.2, 0.25) is 0 Å². The van der Waals surface area contributed by atoms with Gasteiger partial charge in [-0.3, -0.25) is 4.79 Å². The molecule has 0 aromatic heterocycles. The van der Waals surface area contributed by atoms with Gasteiger partial charge in [0.05, 0.1) is 42.4 Å². The number of hydrogen-bond acceptors (Lipinski definition) is 8. The first kappa shape index (κ1) is 38.6. The Kier molecular flexibility index (Phi) is 13.6. The highest BCUT2D eigenvalue weighted by Crippen LogP contribution is 2.29. The van der Waals surface area contributed by atoms with Crippen molar-refractivity contribution in [3.05, 3.63) is 78.1 Å². The van der Waals surface area contributed by atoms with Crippen molar-refractivity contribution in [1.82, 2.24) is 9.21 Å². The second kappa shape index (κ2) is 17.6. The van der Waals surface area contributed by atoms with Crippen LogP contribution in [0.1, 0.15) is 50.4 Å². The fourth-order valence-electron chi connectivity index (χ4n) is 5.57. The number of nitrogens with zero attached hydrogens (tertiary/aromatic N) is 2. The predicted octanol–water partition coefficient (Wildman–Crippen LogP) is 5.59. The summed E-state index contributed by atoms with van der Waals surface area (Å²) in [5.74, 6) is -0.393. The van der Waals surface area contributed by atoms with Crippen molar-refractivity contribution in [2.24, 2.45) is 5.92 Å². The van der Waals surface area contributed by atoms with E-state index in [1.54, 1.807) is 56.5 Å². The fourth-order valence-corrected chi connectivity index (χ4v) is 6.75. The van der Waals surface area contributed by atoms with Crippen LogP contribution in [-0.2, 0) is 14.8 Å². The number of benzene rings is 3. The monoisotopic (exact) mass is 714 g/mol. The van der Waals surface area contributed by atoms with Crippen molar-refractivity contribution in [3.8, 4) is 11.5 Å². The maximum absolute atomic E-state index is 14.4. The van der Waals surface area contributed by atoms with Gasteiger partial charge in [-0.2, -0.15) is 4.31 Å². The molecule has 12 nitrogen and oxygen atoms in total. The summed E-state index contributed by atoms with van der Waals surface area (Å²) < 4.78 is 59.1. The average molecular weight is 715 g/mol. The van der Waals surface area contributed by atoms with Gasteiger partial charge in [-0.05, 0) is 99.8 Å². The molecule has 0 saturated heterocycles. The molecule has 1 heterocycles. The third kappa shape index (κ3) is 10.2. The van der Waals surface area contributed by atoms with Crippen LogP contribution in [0.4, 0.5) is 20.6 Å². The lowest BCUT2D eigenvalue weighted by molar-refractivity contribution is -0.00834. The number of fused-ring (bicyclic) bond motifs is 1. The van der Waals surface area contributed by atoms with E-state index in [0.29, 0.717) is 42.3 Å². The van der Waals surface area contributed by atoms with E-state index < -0.39 is 39.9 Å². The molecular formula is C36H47FN4O8S. The number of anilines is 2. The highest BCUT2D eigenvalue weighted by molar-refractivity contribution is 7.89. The largest absolute Gasteiger partial charge is 0.497 e. The number of sulfonamides is 1. The molecule has 0 radical (unpaired) electrons. The van der Waals surface area contributed by atoms with E-state index in [9.17, 15) is 27.5 Å². The smallest absolute Gasteiger partial charge is 0.323 e. The Hall–Kier alpha value is -4.24. The van der Waals surface area contributed by atoms with Gasteiger partial charge in [-0.1, -0.05) is 6.92 Å². The molecule has 3 aromatic carbocycles. The first-order valence-corrected chi connectivity index (χ1v) is 18.0. The van der Waals surface area contributed by atoms with Crippen molar-refractivity contribution in [2.45, 2.75) is 63.2 Å². The van der Waals surface area contributed by atoms with Crippen LogP contribution in [-0.4, -0.2) is 93.4 Å². The third-order valence-electron chi connectivity index (χ3n) is 8.62. The minimum atomic E-state index is -3.97. The molecule has 0 aliphatic carbocycles. The van der Waals surface area contributed by atoms with Crippen LogP contribution in [0.5, 0.6) is 11.5 Å². The summed E-state index contributed by atoms with van der Waals surface area (Å²) in [6.07, 6.45) is 1.24. The zero-order valence-corrected chi connectivity index (χ0v) is 29.9. The number of likely N-dealkylation sites (N-methyl/N-ethyl adjacent to an activating group) is 1. The minimum absolute atomic E-state index is 0.0239. The summed E-state index contributed by atoms with van der Waals surface area (Å²) in [6.45, 7) is 5.59. The number of carbonyl (C=O) groups excluding carboxylic acids is 2. The van der Waals surface area contributed by atoms with Crippen LogP contribution in [0.15, 0.2) is 71.6 Å². The lowest BCUT2D eigenvalue weighted by Gasteiger charge is -2.35. The zero-order valence-electron chi connectivity index (χ0n) is 29.1. The van der Waals surface area contributed by atoms with Crippen molar-refractivity contribution in [1.29, 1.82) is 0 Å². The average Bonchev–Trinajstić information content (AvgIpc) is 3.09. The molecule has 1 aliphatic rings. The third-order valence-corrected chi connectivity index (χ3v) is 10.5. The quantitative estimate of drug-likeness (QED) is 0.260. The topological polar surface area (TPSA) is 147 Å². The Balaban J connectivity index is 1.61. The Morgan fingerprint density at radius 3 is 2.38 bits per heavy atom. The lowest BCUT2D eigenvalue weighted by Crippen LogP contribution is -2.48. The van der Waals surface area contributed by atoms with Crippen LogP contribution in [0.3, 0.4) is 0 Å². The molecule has 14 heteroatoms. The van der Waals surface area contributed by atoms with Gasteiger partial charge < -0.3 is 34.9 Å². The van der Waals surface area contributed by atoms with Crippen LogP contribution in [0.25, 0.3) is 0 Å². The van der Waals surface area contributed by atoms with Crippen LogP contribution in [0, 0.1) is 11.7 Å². The molecule has 3 aromatic rings. The molecule has 0 saturated carbocycles. The number of amides is 3. The lowest BCUT2D eigenvalue weighted by atomic mass is 10.0. The molecule has 0 fully saturated rings. The molecule has 3 N–H and O–H groups in total. The van der Waals surface area contributed by atoms with E-state index in [0.717, 1.165) is 18.6 Å². The Morgan fingerprint density at radius 1 is 1.06 bits per heavy atom. The molecule has 50 heavy (non-hydrogen) atoms. The number of urea groups is 1. The molecular weight excluding hydrogens is 667 g/mol. The Bertz CT molecular complexity index is 1690. The van der Waals surface area contributed by atoms with Crippen LogP contribution < -0.4 is 20.1 Å². The maximum atomic E-state index is 14.4. The van der Waals surface area contributed by atoms with Gasteiger partial charge in [0.25, 0.3) is 5.91 Å². The van der Waals surface area contributed by atoms with Crippen molar-refractivity contribution in [2.75, 3.05) is 51.1 Å². The van der Waals surface area contributed by atoms with E-state index in [-0.39, 0.29) is 42.2 Å². The number of methoxy groups -OCH3 is 1. The van der Waals surface area contributed by atoms with Crippen LogP contribution >= 0.6 is 0 Å². The molecule has 0 unspecified atom stereocenters. The van der Waals surface area contributed by atoms with Crippen molar-refractivity contribution >= 4 is 33.3 Å². The molecule has 1 aliphatic heterocycles. The molecule has 272 valence electrons. The molecule has 0 spiro atoms. The first-order chi connectivity index (χ1) is 23.8. The summed E-state index contributed by atoms with van der Waals surface area (Å²) in [6, 6.07) is 15.1. The second-order valence-electron chi connectivity index (χ2n) is 12.6. The summed E-state index contributed by atoms with van der Waals surface area (Å²) in [5, 5.41) is 15.7. The van der Waals surface area contributed by atoms with Crippen molar-refractivity contribution in [3.63, 3.8) is 0 Å². The van der Waals surface area contributed by atoms with Crippen molar-refractivity contribution < 1.29 is 41.7 Å². The van der Waals surface area contributed by atoms with Gasteiger partial charge >= 0.3 is 6.03 Å². The number of halogens is 1. The van der Waals surface area contributed by atoms with E-state index in [4.69, 9.17) is 14.2 Å². The number of rotatable bonds is 9. The van der Waals surface area contributed by atoms with E-state index in [1.165, 1.54) is 28.4 Å². The fraction of sp³-hybridized carbons (Fsp3) is 0.444. The normalized spacial score (nSPS) is 19.9. The summed E-state index contributed by atoms with van der Waals surface area (Å²) >= 11 is 0. The number of carbonyl (C=O) groups is 2. The standard InChI is InChI=1S/C36H47FN4O8S/c1-24-21-41(25(2)23-42)35(43)32-20-29(39-36(44)38-28-11-14-30(47-5)15-12-28)13-18-33(32)49-26(3)8-6-7-19-48-34(24)22-40(4)50(45,46)31-16-9-27(37)10-17-31/h9-18,20,24-26,34,42H,6-8,19,21-23H2,1-5H3,(H2,38,39,44)/t24-,25-,26-,34+/m1/s1. The number of aliphatic hydroxyl groups excluding tert-OH is 1. The Morgan fingerprint density at radius 2 is 1.72 bits per heavy atom. The van der Waals surface area contributed by atoms with Gasteiger partial charge in [0.1, 0.15) is 17.3 Å². The number of nitrogens with one attached hydrogen (secondary N) is 2. The highest BCUT2D eigenvalue weighted by Gasteiger charge is 2.32. The zero-order chi connectivity index (χ0) is 36.4. The number of ether oxygens (including phenoxy) is 3. The maximum Gasteiger partial charge on any atom is 0.323 e. The first-order valence-electron chi connectivity index (χ1n) is 16.6. The SMILES string of the molecule is COc1ccc(NC(=O)Nc2ccc3c(c2)C(=O)N([C@H](C)CO)C[C@@H](C)[C@H](CN(C)S(=O)(=O)c2ccc(F)cc2)OCCCC[C@@H](C)O3)cc1. The summed E-state index contributed by atoms with van der Waals surface area (Å²) in [4.78, 5) is 28.7. The van der Waals surface area contributed by atoms with Gasteiger partial charge in [0, 0.05) is 44.0 Å². The van der Waals surface area contributed by atoms with E-state index in [1.807, 2.05) is 13.8 Å². The highest BCUT2D eigenvalue weighted by atomic mass is 32.2. The minimum Gasteiger partial charge on any atom is -0.497 e. The Labute approximate surface area is 293 Å². The molecule has 0 bridgehead atoms. The van der Waals surface area contributed by atoms with Gasteiger partial charge in [-0.25, -0.2) is 17.6 Å². The van der Waals surface area contributed by atoms with Gasteiger partial charge in [0.15, 0.2) is 0 Å². The molecule has 3 amide bonds. The molecule has 4 atom stereocenters.